The van der Waals surface area contributed by atoms with Gasteiger partial charge in [-0.3, -0.25) is 4.79 Å². The highest BCUT2D eigenvalue weighted by atomic mass is 35.5. The molecule has 1 heterocycles. The molecule has 116 valence electrons. The van der Waals surface area contributed by atoms with E-state index in [1.54, 1.807) is 24.3 Å². The van der Waals surface area contributed by atoms with E-state index in [9.17, 15) is 13.2 Å². The Morgan fingerprint density at radius 1 is 1.43 bits per heavy atom. The van der Waals surface area contributed by atoms with Crippen molar-refractivity contribution in [3.63, 3.8) is 0 Å². The van der Waals surface area contributed by atoms with Crippen LogP contribution in [0.3, 0.4) is 0 Å². The molecule has 1 saturated heterocycles. The third-order valence-corrected chi connectivity index (χ3v) is 5.36. The highest BCUT2D eigenvalue weighted by Gasteiger charge is 2.29. The summed E-state index contributed by atoms with van der Waals surface area (Å²) >= 11 is 5.83. The fourth-order valence-electron chi connectivity index (χ4n) is 2.28. The normalized spacial score (nSPS) is 20.1. The highest BCUT2D eigenvalue weighted by molar-refractivity contribution is 7.91. The number of carbonyl (C=O) groups excluding carboxylic acids is 1. The maximum absolute atomic E-state index is 11.7. The molecule has 1 aromatic carbocycles. The molecule has 5 nitrogen and oxygen atoms in total. The van der Waals surface area contributed by atoms with E-state index in [1.165, 1.54) is 0 Å². The monoisotopic (exact) mass is 331 g/mol. The topological polar surface area (TPSA) is 72.5 Å². The van der Waals surface area contributed by atoms with Crippen molar-refractivity contribution in [2.45, 2.75) is 12.8 Å². The standard InChI is InChI=1S/C14H18ClNO4S/c15-12-2-1-3-13(9-12)20-6-5-16-14(17)8-11-4-7-21(18,19)10-11/h1-3,9,11H,4-8,10H2,(H,16,17)/t11-/m0/s1. The summed E-state index contributed by atoms with van der Waals surface area (Å²) in [6.07, 6.45) is 0.838. The zero-order valence-electron chi connectivity index (χ0n) is 11.5. The first-order chi connectivity index (χ1) is 9.94. The minimum absolute atomic E-state index is 0.0520. The van der Waals surface area contributed by atoms with E-state index in [1.807, 2.05) is 0 Å². The van der Waals surface area contributed by atoms with Crippen LogP contribution in [0.25, 0.3) is 0 Å². The minimum atomic E-state index is -2.92. The lowest BCUT2D eigenvalue weighted by Gasteiger charge is -2.10. The van der Waals surface area contributed by atoms with Crippen molar-refractivity contribution >= 4 is 27.3 Å². The number of carbonyl (C=O) groups is 1. The Hall–Kier alpha value is -1.27. The van der Waals surface area contributed by atoms with Gasteiger partial charge in [0.25, 0.3) is 0 Å². The van der Waals surface area contributed by atoms with Gasteiger partial charge in [-0.25, -0.2) is 8.42 Å². The number of hydrogen-bond donors (Lipinski definition) is 1. The molecule has 1 fully saturated rings. The molecule has 2 rings (SSSR count). The summed E-state index contributed by atoms with van der Waals surface area (Å²) in [6.45, 7) is 0.722. The first-order valence-electron chi connectivity index (χ1n) is 6.80. The third-order valence-electron chi connectivity index (χ3n) is 3.29. The van der Waals surface area contributed by atoms with E-state index in [0.717, 1.165) is 0 Å². The number of halogens is 1. The van der Waals surface area contributed by atoms with E-state index < -0.39 is 9.84 Å². The summed E-state index contributed by atoms with van der Waals surface area (Å²) in [5.74, 6) is 0.789. The molecule has 21 heavy (non-hydrogen) atoms. The maximum atomic E-state index is 11.7. The maximum Gasteiger partial charge on any atom is 0.220 e. The number of amides is 1. The lowest BCUT2D eigenvalue weighted by atomic mass is 10.1. The van der Waals surface area contributed by atoms with Crippen LogP contribution < -0.4 is 10.1 Å². The predicted octanol–water partition coefficient (Wildman–Crippen LogP) is 1.66. The quantitative estimate of drug-likeness (QED) is 0.805. The molecule has 0 aromatic heterocycles. The Labute approximate surface area is 129 Å². The molecule has 7 heteroatoms. The Balaban J connectivity index is 1.64. The van der Waals surface area contributed by atoms with Gasteiger partial charge in [0, 0.05) is 11.4 Å². The summed E-state index contributed by atoms with van der Waals surface area (Å²) in [4.78, 5) is 11.7. The van der Waals surface area contributed by atoms with Crippen LogP contribution in [0.1, 0.15) is 12.8 Å². The van der Waals surface area contributed by atoms with E-state index in [4.69, 9.17) is 16.3 Å². The van der Waals surface area contributed by atoms with Gasteiger partial charge in [-0.05, 0) is 30.5 Å². The second-order valence-electron chi connectivity index (χ2n) is 5.13. The van der Waals surface area contributed by atoms with Crippen LogP contribution in [0.2, 0.25) is 5.02 Å². The van der Waals surface area contributed by atoms with Crippen molar-refractivity contribution in [3.05, 3.63) is 29.3 Å². The second kappa shape index (κ2) is 7.13. The summed E-state index contributed by atoms with van der Waals surface area (Å²) in [5, 5.41) is 3.33. The molecular formula is C14H18ClNO4S. The number of nitrogens with one attached hydrogen (secondary N) is 1. The molecule has 0 aliphatic carbocycles. The smallest absolute Gasteiger partial charge is 0.220 e. The lowest BCUT2D eigenvalue weighted by Crippen LogP contribution is -2.29. The molecule has 1 amide bonds. The summed E-state index contributed by atoms with van der Waals surface area (Å²) in [7, 11) is -2.92. The Morgan fingerprint density at radius 3 is 2.90 bits per heavy atom. The largest absolute Gasteiger partial charge is 0.492 e. The van der Waals surface area contributed by atoms with Crippen LogP contribution in [-0.2, 0) is 14.6 Å². The number of sulfone groups is 1. The first-order valence-corrected chi connectivity index (χ1v) is 9.00. The third kappa shape index (κ3) is 5.55. The zero-order valence-corrected chi connectivity index (χ0v) is 13.1. The Morgan fingerprint density at radius 2 is 2.24 bits per heavy atom. The molecule has 0 bridgehead atoms. The predicted molar refractivity (Wildman–Crippen MR) is 81.3 cm³/mol. The molecule has 1 aliphatic rings. The van der Waals surface area contributed by atoms with Crippen LogP contribution in [0.15, 0.2) is 24.3 Å². The van der Waals surface area contributed by atoms with E-state index >= 15 is 0 Å². The highest BCUT2D eigenvalue weighted by Crippen LogP contribution is 2.21. The second-order valence-corrected chi connectivity index (χ2v) is 7.79. The summed E-state index contributed by atoms with van der Waals surface area (Å²) in [6, 6.07) is 7.03. The van der Waals surface area contributed by atoms with Crippen LogP contribution in [0, 0.1) is 5.92 Å². The molecule has 1 atom stereocenters. The number of rotatable bonds is 6. The minimum Gasteiger partial charge on any atom is -0.492 e. The molecule has 0 spiro atoms. The molecular weight excluding hydrogens is 314 g/mol. The van der Waals surface area contributed by atoms with Gasteiger partial charge in [-0.1, -0.05) is 17.7 Å². The van der Waals surface area contributed by atoms with Gasteiger partial charge in [0.2, 0.25) is 5.91 Å². The van der Waals surface area contributed by atoms with Crippen molar-refractivity contribution in [2.24, 2.45) is 5.92 Å². The van der Waals surface area contributed by atoms with Crippen molar-refractivity contribution in [2.75, 3.05) is 24.7 Å². The summed E-state index contributed by atoms with van der Waals surface area (Å²) < 4.78 is 28.1. The van der Waals surface area contributed by atoms with Crippen molar-refractivity contribution in [1.82, 2.24) is 5.32 Å². The van der Waals surface area contributed by atoms with Gasteiger partial charge in [-0.15, -0.1) is 0 Å². The number of hydrogen-bond acceptors (Lipinski definition) is 4. The van der Waals surface area contributed by atoms with E-state index in [-0.39, 0.29) is 29.8 Å². The fraction of sp³-hybridized carbons (Fsp3) is 0.500. The average Bonchev–Trinajstić information content (AvgIpc) is 2.74. The van der Waals surface area contributed by atoms with Gasteiger partial charge in [-0.2, -0.15) is 0 Å². The van der Waals surface area contributed by atoms with Gasteiger partial charge < -0.3 is 10.1 Å². The van der Waals surface area contributed by atoms with Crippen LogP contribution in [0.4, 0.5) is 0 Å². The number of benzene rings is 1. The molecule has 0 radical (unpaired) electrons. The van der Waals surface area contributed by atoms with E-state index in [0.29, 0.717) is 30.3 Å². The van der Waals surface area contributed by atoms with Gasteiger partial charge in [0.1, 0.15) is 12.4 Å². The van der Waals surface area contributed by atoms with Crippen molar-refractivity contribution in [1.29, 1.82) is 0 Å². The fourth-order valence-corrected chi connectivity index (χ4v) is 4.33. The molecule has 1 aliphatic heterocycles. The lowest BCUT2D eigenvalue weighted by molar-refractivity contribution is -0.121. The van der Waals surface area contributed by atoms with Gasteiger partial charge >= 0.3 is 0 Å². The SMILES string of the molecule is O=C(C[C@@H]1CCS(=O)(=O)C1)NCCOc1cccc(Cl)c1. The Bertz CT molecular complexity index is 603. The summed E-state index contributed by atoms with van der Waals surface area (Å²) in [5.41, 5.74) is 0. The average molecular weight is 332 g/mol. The molecule has 0 saturated carbocycles. The van der Waals surface area contributed by atoms with Crippen LogP contribution >= 0.6 is 11.6 Å². The number of ether oxygens (including phenoxy) is 1. The Kier molecular flexibility index (Phi) is 5.47. The zero-order chi connectivity index (χ0) is 15.3. The van der Waals surface area contributed by atoms with Gasteiger partial charge in [0.05, 0.1) is 18.1 Å². The van der Waals surface area contributed by atoms with Crippen LogP contribution in [0.5, 0.6) is 5.75 Å². The van der Waals surface area contributed by atoms with Crippen molar-refractivity contribution in [3.8, 4) is 5.75 Å². The van der Waals surface area contributed by atoms with Gasteiger partial charge in [0.15, 0.2) is 9.84 Å². The molecule has 1 aromatic rings. The molecule has 1 N–H and O–H groups in total. The van der Waals surface area contributed by atoms with Crippen LogP contribution in [-0.4, -0.2) is 39.0 Å². The van der Waals surface area contributed by atoms with E-state index in [2.05, 4.69) is 5.32 Å². The van der Waals surface area contributed by atoms with Crippen molar-refractivity contribution < 1.29 is 17.9 Å². The molecule has 0 unspecified atom stereocenters. The first kappa shape index (κ1) is 16.1.